The summed E-state index contributed by atoms with van der Waals surface area (Å²) in [6.45, 7) is 5.10. The van der Waals surface area contributed by atoms with E-state index in [1.54, 1.807) is 0 Å². The highest BCUT2D eigenvalue weighted by molar-refractivity contribution is 5.94. The third-order valence-electron chi connectivity index (χ3n) is 6.51. The molecule has 0 bridgehead atoms. The Morgan fingerprint density at radius 3 is 2.36 bits per heavy atom. The summed E-state index contributed by atoms with van der Waals surface area (Å²) in [5.74, 6) is 0. The minimum Gasteiger partial charge on any atom is -0.392 e. The second-order valence-corrected chi connectivity index (χ2v) is 8.78. The van der Waals surface area contributed by atoms with Gasteiger partial charge in [-0.25, -0.2) is 0 Å². The minimum atomic E-state index is 0.0653. The van der Waals surface area contributed by atoms with E-state index in [4.69, 9.17) is 0 Å². The second kappa shape index (κ2) is 9.61. The summed E-state index contributed by atoms with van der Waals surface area (Å²) >= 11 is 0. The molecule has 3 aromatic carbocycles. The zero-order chi connectivity index (χ0) is 22.6. The third-order valence-corrected chi connectivity index (χ3v) is 6.51. The van der Waals surface area contributed by atoms with E-state index in [-0.39, 0.29) is 6.61 Å². The van der Waals surface area contributed by atoms with Crippen molar-refractivity contribution in [2.45, 2.75) is 6.61 Å². The van der Waals surface area contributed by atoms with Crippen molar-refractivity contribution in [1.29, 1.82) is 0 Å². The van der Waals surface area contributed by atoms with Crippen LogP contribution in [0.1, 0.15) is 16.7 Å². The Bertz CT molecular complexity index is 1160. The Hall–Kier alpha value is -3.41. The van der Waals surface area contributed by atoms with E-state index >= 15 is 0 Å². The number of hydrogen-bond donors (Lipinski definition) is 2. The molecular formula is C28H30N4O. The summed E-state index contributed by atoms with van der Waals surface area (Å²) in [5.41, 5.74) is 9.10. The molecule has 5 rings (SSSR count). The van der Waals surface area contributed by atoms with Crippen LogP contribution in [0.4, 0.5) is 11.4 Å². The lowest BCUT2D eigenvalue weighted by Gasteiger charge is -2.34. The van der Waals surface area contributed by atoms with E-state index in [1.165, 1.54) is 16.8 Å². The van der Waals surface area contributed by atoms with Crippen molar-refractivity contribution < 1.29 is 5.11 Å². The van der Waals surface area contributed by atoms with Gasteiger partial charge in [-0.2, -0.15) is 0 Å². The Morgan fingerprint density at radius 2 is 1.64 bits per heavy atom. The maximum absolute atomic E-state index is 9.30. The number of rotatable bonds is 5. The molecule has 0 amide bonds. The molecule has 5 heteroatoms. The van der Waals surface area contributed by atoms with Gasteiger partial charge in [-0.05, 0) is 70.8 Å². The molecule has 5 nitrogen and oxygen atoms in total. The Kier molecular flexibility index (Phi) is 6.24. The van der Waals surface area contributed by atoms with Gasteiger partial charge in [-0.1, -0.05) is 36.4 Å². The molecule has 33 heavy (non-hydrogen) atoms. The normalized spacial score (nSPS) is 17.3. The lowest BCUT2D eigenvalue weighted by Crippen LogP contribution is -2.44. The molecule has 2 aliphatic heterocycles. The first-order valence-electron chi connectivity index (χ1n) is 11.5. The summed E-state index contributed by atoms with van der Waals surface area (Å²) in [7, 11) is 2.18. The number of hydrogen-bond acceptors (Lipinski definition) is 5. The van der Waals surface area contributed by atoms with Crippen LogP contribution in [0.5, 0.6) is 0 Å². The Balaban J connectivity index is 1.33. The van der Waals surface area contributed by atoms with Crippen molar-refractivity contribution in [1.82, 2.24) is 4.90 Å². The Labute approximate surface area is 195 Å². The van der Waals surface area contributed by atoms with Crippen molar-refractivity contribution in [2.75, 3.05) is 50.0 Å². The number of fused-ring (bicyclic) bond motifs is 1. The molecule has 2 heterocycles. The lowest BCUT2D eigenvalue weighted by atomic mass is 9.93. The van der Waals surface area contributed by atoms with Gasteiger partial charge in [-0.3, -0.25) is 4.99 Å². The molecule has 0 saturated carbocycles. The van der Waals surface area contributed by atoms with E-state index in [2.05, 4.69) is 88.0 Å². The highest BCUT2D eigenvalue weighted by Gasteiger charge is 2.15. The van der Waals surface area contributed by atoms with Gasteiger partial charge in [0.2, 0.25) is 0 Å². The molecule has 2 N–H and O–H groups in total. The molecule has 0 atom stereocenters. The summed E-state index contributed by atoms with van der Waals surface area (Å²) in [4.78, 5) is 9.37. The zero-order valence-electron chi connectivity index (χ0n) is 19.0. The third kappa shape index (κ3) is 4.85. The fourth-order valence-electron chi connectivity index (χ4n) is 4.38. The first-order chi connectivity index (χ1) is 16.2. The van der Waals surface area contributed by atoms with E-state index in [0.717, 1.165) is 54.1 Å². The molecule has 0 aromatic heterocycles. The number of aliphatic hydroxyl groups is 1. The number of benzene rings is 3. The first-order valence-corrected chi connectivity index (χ1v) is 11.5. The number of anilines is 2. The molecule has 0 spiro atoms. The van der Waals surface area contributed by atoms with Crippen molar-refractivity contribution >= 4 is 23.2 Å². The highest BCUT2D eigenvalue weighted by Crippen LogP contribution is 2.29. The van der Waals surface area contributed by atoms with E-state index in [1.807, 2.05) is 18.3 Å². The maximum Gasteiger partial charge on any atom is 0.0681 e. The number of aliphatic hydroxyl groups excluding tert-OH is 1. The van der Waals surface area contributed by atoms with Crippen LogP contribution < -0.4 is 10.2 Å². The van der Waals surface area contributed by atoms with Crippen LogP contribution in [0.15, 0.2) is 77.9 Å². The fourth-order valence-corrected chi connectivity index (χ4v) is 4.38. The zero-order valence-corrected chi connectivity index (χ0v) is 19.0. The monoisotopic (exact) mass is 438 g/mol. The molecule has 1 fully saturated rings. The summed E-state index contributed by atoms with van der Waals surface area (Å²) < 4.78 is 0. The van der Waals surface area contributed by atoms with Gasteiger partial charge >= 0.3 is 0 Å². The molecule has 1 saturated heterocycles. The number of aliphatic imine (C=N–C) groups is 1. The molecular weight excluding hydrogens is 408 g/mol. The van der Waals surface area contributed by atoms with Gasteiger partial charge in [0.15, 0.2) is 0 Å². The fraction of sp³-hybridized carbons (Fsp3) is 0.250. The molecule has 0 radical (unpaired) electrons. The molecule has 0 unspecified atom stereocenters. The van der Waals surface area contributed by atoms with Crippen molar-refractivity contribution in [3.8, 4) is 11.1 Å². The maximum atomic E-state index is 9.30. The van der Waals surface area contributed by atoms with Gasteiger partial charge < -0.3 is 20.2 Å². The molecule has 2 aliphatic rings. The van der Waals surface area contributed by atoms with Crippen LogP contribution in [-0.2, 0) is 6.61 Å². The van der Waals surface area contributed by atoms with Gasteiger partial charge in [0.05, 0.1) is 13.2 Å². The number of nitrogens with zero attached hydrogens (tertiary/aromatic N) is 3. The summed E-state index contributed by atoms with van der Waals surface area (Å²) in [6, 6.07) is 23.3. The van der Waals surface area contributed by atoms with Crippen LogP contribution in [-0.4, -0.2) is 56.0 Å². The van der Waals surface area contributed by atoms with E-state index in [9.17, 15) is 5.11 Å². The number of nitrogens with one attached hydrogen (secondary N) is 1. The van der Waals surface area contributed by atoms with Crippen LogP contribution in [0.2, 0.25) is 0 Å². The van der Waals surface area contributed by atoms with Crippen LogP contribution in [0, 0.1) is 0 Å². The summed E-state index contributed by atoms with van der Waals surface area (Å²) in [5, 5.41) is 12.8. The SMILES string of the molecule is CN1CCN(c2ccc(NC=C3CN=Cc4ccc(-c5ccc(CO)cc5)cc43)cc2)CC1. The molecule has 168 valence electrons. The molecule has 0 aliphatic carbocycles. The lowest BCUT2D eigenvalue weighted by molar-refractivity contribution is 0.282. The van der Waals surface area contributed by atoms with Gasteiger partial charge in [0, 0.05) is 50.0 Å². The van der Waals surface area contributed by atoms with Gasteiger partial charge in [0.1, 0.15) is 0 Å². The van der Waals surface area contributed by atoms with Crippen LogP contribution in [0.25, 0.3) is 16.7 Å². The smallest absolute Gasteiger partial charge is 0.0681 e. The second-order valence-electron chi connectivity index (χ2n) is 8.78. The van der Waals surface area contributed by atoms with Crippen molar-refractivity contribution in [3.63, 3.8) is 0 Å². The van der Waals surface area contributed by atoms with Gasteiger partial charge in [-0.15, -0.1) is 0 Å². The molecule has 3 aromatic rings. The van der Waals surface area contributed by atoms with E-state index < -0.39 is 0 Å². The standard InChI is InChI=1S/C28H30N4O/c1-31-12-14-32(15-13-31)27-10-8-26(9-11-27)30-19-25-18-29-17-24-7-6-23(16-28(24)25)22-4-2-21(20-33)3-5-22/h2-11,16-17,19,30,33H,12-15,18,20H2,1H3. The van der Waals surface area contributed by atoms with Gasteiger partial charge in [0.25, 0.3) is 0 Å². The van der Waals surface area contributed by atoms with Crippen molar-refractivity contribution in [2.24, 2.45) is 4.99 Å². The largest absolute Gasteiger partial charge is 0.392 e. The number of likely N-dealkylation sites (N-methyl/N-ethyl adjacent to an activating group) is 1. The summed E-state index contributed by atoms with van der Waals surface area (Å²) in [6.07, 6.45) is 4.04. The number of piperazine rings is 1. The van der Waals surface area contributed by atoms with Crippen molar-refractivity contribution in [3.05, 3.63) is 89.6 Å². The quantitative estimate of drug-likeness (QED) is 0.617. The van der Waals surface area contributed by atoms with Crippen LogP contribution in [0.3, 0.4) is 0 Å². The Morgan fingerprint density at radius 1 is 0.909 bits per heavy atom. The predicted octanol–water partition coefficient (Wildman–Crippen LogP) is 4.48. The van der Waals surface area contributed by atoms with Crippen LogP contribution >= 0.6 is 0 Å². The van der Waals surface area contributed by atoms with E-state index in [0.29, 0.717) is 6.54 Å². The topological polar surface area (TPSA) is 51.1 Å². The first kappa shape index (κ1) is 21.4. The average Bonchev–Trinajstić information content (AvgIpc) is 2.88. The minimum absolute atomic E-state index is 0.0653. The average molecular weight is 439 g/mol. The predicted molar refractivity (Wildman–Crippen MR) is 138 cm³/mol. The highest BCUT2D eigenvalue weighted by atomic mass is 16.3.